The second-order valence-corrected chi connectivity index (χ2v) is 4.50. The molecular formula is C14H19NO3. The lowest BCUT2D eigenvalue weighted by Crippen LogP contribution is -2.30. The van der Waals surface area contributed by atoms with Crippen LogP contribution in [-0.4, -0.2) is 30.8 Å². The van der Waals surface area contributed by atoms with E-state index in [1.165, 1.54) is 17.5 Å². The van der Waals surface area contributed by atoms with Gasteiger partial charge in [0, 0.05) is 13.2 Å². The number of nitrogens with one attached hydrogen (secondary N) is 1. The fourth-order valence-electron chi connectivity index (χ4n) is 2.14. The minimum absolute atomic E-state index is 0.0320. The van der Waals surface area contributed by atoms with E-state index in [0.717, 1.165) is 18.6 Å². The predicted octanol–water partition coefficient (Wildman–Crippen LogP) is 1.05. The van der Waals surface area contributed by atoms with Crippen LogP contribution in [0.3, 0.4) is 0 Å². The van der Waals surface area contributed by atoms with Gasteiger partial charge in [0.2, 0.25) is 0 Å². The van der Waals surface area contributed by atoms with Gasteiger partial charge in [-0.3, -0.25) is 4.79 Å². The fraction of sp³-hybridized carbons (Fsp3) is 0.500. The van der Waals surface area contributed by atoms with Crippen LogP contribution in [0, 0.1) is 0 Å². The van der Waals surface area contributed by atoms with Crippen molar-refractivity contribution < 1.29 is 14.6 Å². The van der Waals surface area contributed by atoms with E-state index in [2.05, 4.69) is 11.4 Å². The molecule has 2 rings (SSSR count). The Hall–Kier alpha value is -1.55. The second-order valence-electron chi connectivity index (χ2n) is 4.50. The molecule has 4 nitrogen and oxygen atoms in total. The summed E-state index contributed by atoms with van der Waals surface area (Å²) in [6, 6.07) is 6.04. The van der Waals surface area contributed by atoms with Crippen LogP contribution in [0.4, 0.5) is 0 Å². The smallest absolute Gasteiger partial charge is 0.257 e. The number of aryl methyl sites for hydroxylation is 2. The maximum absolute atomic E-state index is 11.4. The molecular weight excluding hydrogens is 230 g/mol. The Morgan fingerprint density at radius 1 is 1.33 bits per heavy atom. The number of benzene rings is 1. The number of fused-ring (bicyclic) bond motifs is 1. The highest BCUT2D eigenvalue weighted by Gasteiger charge is 2.11. The molecule has 0 fully saturated rings. The van der Waals surface area contributed by atoms with E-state index in [0.29, 0.717) is 13.0 Å². The van der Waals surface area contributed by atoms with Gasteiger partial charge in [-0.1, -0.05) is 6.07 Å². The van der Waals surface area contributed by atoms with Crippen LogP contribution in [0.25, 0.3) is 0 Å². The maximum Gasteiger partial charge on any atom is 0.257 e. The van der Waals surface area contributed by atoms with E-state index in [-0.39, 0.29) is 19.1 Å². The zero-order valence-electron chi connectivity index (χ0n) is 10.4. The van der Waals surface area contributed by atoms with Crippen LogP contribution in [0.5, 0.6) is 5.75 Å². The summed E-state index contributed by atoms with van der Waals surface area (Å²) in [7, 11) is 0. The second kappa shape index (κ2) is 6.40. The molecule has 0 unspecified atom stereocenters. The summed E-state index contributed by atoms with van der Waals surface area (Å²) in [4.78, 5) is 11.4. The van der Waals surface area contributed by atoms with Crippen LogP contribution in [0.2, 0.25) is 0 Å². The average molecular weight is 249 g/mol. The molecule has 0 aromatic heterocycles. The Morgan fingerprint density at radius 3 is 3.00 bits per heavy atom. The van der Waals surface area contributed by atoms with Crippen molar-refractivity contribution >= 4 is 5.91 Å². The molecule has 1 aromatic carbocycles. The van der Waals surface area contributed by atoms with Gasteiger partial charge >= 0.3 is 0 Å². The highest BCUT2D eigenvalue weighted by molar-refractivity contribution is 5.77. The summed E-state index contributed by atoms with van der Waals surface area (Å²) in [5.74, 6) is 0.608. The third-order valence-electron chi connectivity index (χ3n) is 3.10. The van der Waals surface area contributed by atoms with Crippen molar-refractivity contribution in [1.29, 1.82) is 0 Å². The molecule has 0 heterocycles. The third kappa shape index (κ3) is 3.47. The van der Waals surface area contributed by atoms with Crippen molar-refractivity contribution in [3.8, 4) is 5.75 Å². The Bertz CT molecular complexity index is 418. The lowest BCUT2D eigenvalue weighted by atomic mass is 10.1. The maximum atomic E-state index is 11.4. The van der Waals surface area contributed by atoms with Crippen molar-refractivity contribution in [1.82, 2.24) is 5.32 Å². The standard InChI is InChI=1S/C14H19NO3/c16-8-2-7-15-14(17)10-18-13-6-5-11-3-1-4-12(11)9-13/h5-6,9,16H,1-4,7-8,10H2,(H,15,17). The highest BCUT2D eigenvalue weighted by Crippen LogP contribution is 2.25. The first-order valence-corrected chi connectivity index (χ1v) is 6.42. The van der Waals surface area contributed by atoms with Crippen LogP contribution in [0.15, 0.2) is 18.2 Å². The molecule has 0 aliphatic heterocycles. The first-order chi connectivity index (χ1) is 8.79. The van der Waals surface area contributed by atoms with E-state index in [1.54, 1.807) is 0 Å². The van der Waals surface area contributed by atoms with Gasteiger partial charge in [0.15, 0.2) is 6.61 Å². The number of aliphatic hydroxyl groups excluding tert-OH is 1. The summed E-state index contributed by atoms with van der Waals surface area (Å²) >= 11 is 0. The minimum atomic E-state index is -0.149. The van der Waals surface area contributed by atoms with Crippen LogP contribution in [-0.2, 0) is 17.6 Å². The summed E-state index contributed by atoms with van der Waals surface area (Å²) in [5, 5.41) is 11.3. The molecule has 98 valence electrons. The van der Waals surface area contributed by atoms with Gasteiger partial charge in [0.25, 0.3) is 5.91 Å². The number of rotatable bonds is 6. The van der Waals surface area contributed by atoms with Gasteiger partial charge in [-0.2, -0.15) is 0 Å². The topological polar surface area (TPSA) is 58.6 Å². The summed E-state index contributed by atoms with van der Waals surface area (Å²) in [6.45, 7) is 0.610. The number of hydrogen-bond acceptors (Lipinski definition) is 3. The van der Waals surface area contributed by atoms with E-state index < -0.39 is 0 Å². The van der Waals surface area contributed by atoms with E-state index in [1.807, 2.05) is 12.1 Å². The Labute approximate surface area is 107 Å². The predicted molar refractivity (Wildman–Crippen MR) is 68.7 cm³/mol. The lowest BCUT2D eigenvalue weighted by Gasteiger charge is -2.08. The zero-order valence-corrected chi connectivity index (χ0v) is 10.4. The van der Waals surface area contributed by atoms with Crippen molar-refractivity contribution in [3.63, 3.8) is 0 Å². The van der Waals surface area contributed by atoms with Crippen molar-refractivity contribution in [3.05, 3.63) is 29.3 Å². The highest BCUT2D eigenvalue weighted by atomic mass is 16.5. The van der Waals surface area contributed by atoms with E-state index >= 15 is 0 Å². The van der Waals surface area contributed by atoms with E-state index in [9.17, 15) is 4.79 Å². The summed E-state index contributed by atoms with van der Waals surface area (Å²) in [6.07, 6.45) is 4.04. The molecule has 1 amide bonds. The largest absolute Gasteiger partial charge is 0.484 e. The summed E-state index contributed by atoms with van der Waals surface area (Å²) in [5.41, 5.74) is 2.74. The number of carbonyl (C=O) groups excluding carboxylic acids is 1. The van der Waals surface area contributed by atoms with Crippen LogP contribution >= 0.6 is 0 Å². The Balaban J connectivity index is 1.78. The minimum Gasteiger partial charge on any atom is -0.484 e. The monoisotopic (exact) mass is 249 g/mol. The van der Waals surface area contributed by atoms with Crippen LogP contribution in [0.1, 0.15) is 24.0 Å². The SMILES string of the molecule is O=C(COc1ccc2c(c1)CCC2)NCCCO. The molecule has 0 saturated heterocycles. The van der Waals surface area contributed by atoms with Gasteiger partial charge < -0.3 is 15.2 Å². The van der Waals surface area contributed by atoms with Gasteiger partial charge in [-0.25, -0.2) is 0 Å². The Kier molecular flexibility index (Phi) is 4.59. The van der Waals surface area contributed by atoms with Gasteiger partial charge in [0.05, 0.1) is 0 Å². The first kappa shape index (κ1) is 12.9. The molecule has 1 aromatic rings. The quantitative estimate of drug-likeness (QED) is 0.741. The lowest BCUT2D eigenvalue weighted by molar-refractivity contribution is -0.123. The number of aliphatic hydroxyl groups is 1. The molecule has 0 saturated carbocycles. The van der Waals surface area contributed by atoms with Gasteiger partial charge in [-0.15, -0.1) is 0 Å². The molecule has 4 heteroatoms. The molecule has 2 N–H and O–H groups in total. The first-order valence-electron chi connectivity index (χ1n) is 6.42. The molecule has 0 bridgehead atoms. The van der Waals surface area contributed by atoms with Crippen molar-refractivity contribution in [2.75, 3.05) is 19.8 Å². The number of amides is 1. The van der Waals surface area contributed by atoms with Gasteiger partial charge in [0.1, 0.15) is 5.75 Å². The molecule has 1 aliphatic rings. The summed E-state index contributed by atoms with van der Waals surface area (Å²) < 4.78 is 5.45. The Morgan fingerprint density at radius 2 is 2.17 bits per heavy atom. The zero-order chi connectivity index (χ0) is 12.8. The fourth-order valence-corrected chi connectivity index (χ4v) is 2.14. The van der Waals surface area contributed by atoms with Gasteiger partial charge in [-0.05, 0) is 48.9 Å². The molecule has 0 radical (unpaired) electrons. The van der Waals surface area contributed by atoms with Crippen molar-refractivity contribution in [2.24, 2.45) is 0 Å². The average Bonchev–Trinajstić information content (AvgIpc) is 2.84. The number of hydrogen-bond donors (Lipinski definition) is 2. The van der Waals surface area contributed by atoms with Crippen molar-refractivity contribution in [2.45, 2.75) is 25.7 Å². The third-order valence-corrected chi connectivity index (χ3v) is 3.10. The molecule has 0 atom stereocenters. The molecule has 1 aliphatic carbocycles. The normalized spacial score (nSPS) is 13.2. The number of carbonyl (C=O) groups is 1. The number of ether oxygens (including phenoxy) is 1. The molecule has 0 spiro atoms. The molecule has 18 heavy (non-hydrogen) atoms. The van der Waals surface area contributed by atoms with E-state index in [4.69, 9.17) is 9.84 Å². The van der Waals surface area contributed by atoms with Crippen LogP contribution < -0.4 is 10.1 Å².